The Hall–Kier alpha value is -0.230. The third-order valence-corrected chi connectivity index (χ3v) is 4.52. The summed E-state index contributed by atoms with van der Waals surface area (Å²) in [6.07, 6.45) is -0.554. The molecule has 2 aromatic heterocycles. The molecule has 2 rings (SSSR count). The first-order valence-corrected chi connectivity index (χ1v) is 6.55. The van der Waals surface area contributed by atoms with E-state index in [0.717, 1.165) is 15.0 Å². The highest BCUT2D eigenvalue weighted by atomic mass is 79.9. The molecule has 0 spiro atoms. The van der Waals surface area contributed by atoms with Gasteiger partial charge in [-0.2, -0.15) is 0 Å². The molecule has 0 aromatic carbocycles. The summed E-state index contributed by atoms with van der Waals surface area (Å²) in [4.78, 5) is 6.12. The molecule has 0 aliphatic heterocycles. The van der Waals surface area contributed by atoms with Gasteiger partial charge in [-0.1, -0.05) is 0 Å². The molecule has 1 N–H and O–H groups in total. The Balaban J connectivity index is 2.33. The van der Waals surface area contributed by atoms with Gasteiger partial charge in [0.2, 0.25) is 0 Å². The Bertz CT molecular complexity index is 437. The van der Waals surface area contributed by atoms with E-state index >= 15 is 0 Å². The van der Waals surface area contributed by atoms with Crippen LogP contribution < -0.4 is 0 Å². The van der Waals surface area contributed by atoms with Gasteiger partial charge in [0.25, 0.3) is 0 Å². The van der Waals surface area contributed by atoms with Gasteiger partial charge in [0.1, 0.15) is 10.7 Å². The minimum atomic E-state index is -0.554. The van der Waals surface area contributed by atoms with Gasteiger partial charge in [-0.25, -0.2) is 4.98 Å². The number of thiazole rings is 1. The lowest BCUT2D eigenvalue weighted by molar-refractivity contribution is 0.223. The van der Waals surface area contributed by atoms with Crippen LogP contribution in [0.25, 0.3) is 0 Å². The van der Waals surface area contributed by atoms with Crippen LogP contribution >= 0.6 is 38.6 Å². The maximum Gasteiger partial charge on any atom is 0.123 e. The lowest BCUT2D eigenvalue weighted by atomic mass is 10.2. The van der Waals surface area contributed by atoms with Crippen molar-refractivity contribution in [3.05, 3.63) is 36.9 Å². The molecule has 2 nitrogen and oxygen atoms in total. The van der Waals surface area contributed by atoms with Crippen molar-refractivity contribution in [2.24, 2.45) is 0 Å². The van der Waals surface area contributed by atoms with E-state index in [1.165, 1.54) is 16.2 Å². The lowest BCUT2D eigenvalue weighted by Crippen LogP contribution is -1.95. The van der Waals surface area contributed by atoms with Gasteiger partial charge in [-0.15, -0.1) is 22.7 Å². The molecule has 0 fully saturated rings. The maximum atomic E-state index is 10.0. The number of halogens is 1. The topological polar surface area (TPSA) is 33.1 Å². The zero-order valence-corrected chi connectivity index (χ0v) is 10.6. The zero-order chi connectivity index (χ0) is 10.1. The Kier molecular flexibility index (Phi) is 3.02. The number of aryl methyl sites for hydroxylation is 1. The second kappa shape index (κ2) is 4.10. The Morgan fingerprint density at radius 2 is 2.29 bits per heavy atom. The standard InChI is InChI=1S/C9H8BrNOS2/c1-5-2-6(3-13-5)7(12)8-9(10)11-4-14-8/h2-4,7,12H,1H3. The number of rotatable bonds is 2. The molecule has 0 radical (unpaired) electrons. The number of thiophene rings is 1. The van der Waals surface area contributed by atoms with Crippen molar-refractivity contribution in [2.75, 3.05) is 0 Å². The van der Waals surface area contributed by atoms with E-state index in [0.29, 0.717) is 0 Å². The van der Waals surface area contributed by atoms with Crippen molar-refractivity contribution in [1.82, 2.24) is 4.98 Å². The smallest absolute Gasteiger partial charge is 0.123 e. The second-order valence-electron chi connectivity index (χ2n) is 2.90. The molecule has 2 heterocycles. The minimum Gasteiger partial charge on any atom is -0.383 e. The highest BCUT2D eigenvalue weighted by Gasteiger charge is 2.16. The molecule has 2 aromatic rings. The number of hydrogen-bond donors (Lipinski definition) is 1. The van der Waals surface area contributed by atoms with E-state index in [1.54, 1.807) is 16.8 Å². The average molecular weight is 290 g/mol. The summed E-state index contributed by atoms with van der Waals surface area (Å²) in [5.41, 5.74) is 2.67. The third kappa shape index (κ3) is 1.91. The predicted octanol–water partition coefficient (Wildman–Crippen LogP) is 3.36. The number of hydrogen-bond acceptors (Lipinski definition) is 4. The zero-order valence-electron chi connectivity index (χ0n) is 7.40. The fourth-order valence-electron chi connectivity index (χ4n) is 1.18. The molecule has 74 valence electrons. The highest BCUT2D eigenvalue weighted by molar-refractivity contribution is 9.10. The van der Waals surface area contributed by atoms with Crippen molar-refractivity contribution < 1.29 is 5.11 Å². The fraction of sp³-hybridized carbons (Fsp3) is 0.222. The molecule has 0 bridgehead atoms. The highest BCUT2D eigenvalue weighted by Crippen LogP contribution is 2.32. The average Bonchev–Trinajstić information content (AvgIpc) is 2.73. The van der Waals surface area contributed by atoms with Crippen molar-refractivity contribution >= 4 is 38.6 Å². The van der Waals surface area contributed by atoms with Crippen molar-refractivity contribution in [3.63, 3.8) is 0 Å². The van der Waals surface area contributed by atoms with E-state index in [1.807, 2.05) is 18.4 Å². The number of nitrogens with zero attached hydrogens (tertiary/aromatic N) is 1. The van der Waals surface area contributed by atoms with Crippen LogP contribution in [0.4, 0.5) is 0 Å². The summed E-state index contributed by atoms with van der Waals surface area (Å²) in [6.45, 7) is 2.03. The van der Waals surface area contributed by atoms with E-state index < -0.39 is 6.10 Å². The van der Waals surface area contributed by atoms with Crippen LogP contribution in [0.15, 0.2) is 21.6 Å². The summed E-state index contributed by atoms with van der Waals surface area (Å²) >= 11 is 6.42. The molecule has 1 unspecified atom stereocenters. The van der Waals surface area contributed by atoms with E-state index in [9.17, 15) is 5.11 Å². The van der Waals surface area contributed by atoms with Crippen LogP contribution in [-0.2, 0) is 0 Å². The Labute approximate surface area is 98.4 Å². The fourth-order valence-corrected chi connectivity index (χ4v) is 3.32. The number of aliphatic hydroxyl groups excluding tert-OH is 1. The third-order valence-electron chi connectivity index (χ3n) is 1.86. The van der Waals surface area contributed by atoms with Gasteiger partial charge in [0.15, 0.2) is 0 Å². The monoisotopic (exact) mass is 289 g/mol. The molecule has 0 amide bonds. The van der Waals surface area contributed by atoms with E-state index in [2.05, 4.69) is 20.9 Å². The summed E-state index contributed by atoms with van der Waals surface area (Å²) in [5, 5.41) is 12.0. The maximum absolute atomic E-state index is 10.0. The molecular formula is C9H8BrNOS2. The largest absolute Gasteiger partial charge is 0.383 e. The molecule has 0 saturated heterocycles. The molecule has 1 atom stereocenters. The quantitative estimate of drug-likeness (QED) is 0.920. The second-order valence-corrected chi connectivity index (χ2v) is 5.65. The number of aliphatic hydroxyl groups is 1. The normalized spacial score (nSPS) is 13.1. The van der Waals surface area contributed by atoms with Crippen molar-refractivity contribution in [1.29, 1.82) is 0 Å². The van der Waals surface area contributed by atoms with Crippen LogP contribution in [0.5, 0.6) is 0 Å². The van der Waals surface area contributed by atoms with Gasteiger partial charge in [0, 0.05) is 4.88 Å². The van der Waals surface area contributed by atoms with Gasteiger partial charge in [-0.05, 0) is 39.9 Å². The predicted molar refractivity (Wildman–Crippen MR) is 62.9 cm³/mol. The molecule has 0 saturated carbocycles. The molecule has 5 heteroatoms. The summed E-state index contributed by atoms with van der Waals surface area (Å²) < 4.78 is 0.735. The lowest BCUT2D eigenvalue weighted by Gasteiger charge is -2.05. The van der Waals surface area contributed by atoms with Crippen molar-refractivity contribution in [2.45, 2.75) is 13.0 Å². The van der Waals surface area contributed by atoms with Crippen LogP contribution in [-0.4, -0.2) is 10.1 Å². The number of aromatic nitrogens is 1. The van der Waals surface area contributed by atoms with Gasteiger partial charge in [0.05, 0.1) is 10.4 Å². The molecule has 0 aliphatic carbocycles. The van der Waals surface area contributed by atoms with E-state index in [-0.39, 0.29) is 0 Å². The molecule has 0 aliphatic rings. The van der Waals surface area contributed by atoms with Crippen LogP contribution in [0.3, 0.4) is 0 Å². The first-order valence-electron chi connectivity index (χ1n) is 4.00. The summed E-state index contributed by atoms with van der Waals surface area (Å²) in [6, 6.07) is 2.00. The first-order chi connectivity index (χ1) is 6.68. The van der Waals surface area contributed by atoms with Gasteiger partial charge < -0.3 is 5.11 Å². The molecular weight excluding hydrogens is 282 g/mol. The summed E-state index contributed by atoms with van der Waals surface area (Å²) in [7, 11) is 0. The first kappa shape index (κ1) is 10.3. The van der Waals surface area contributed by atoms with Crippen LogP contribution in [0.1, 0.15) is 21.4 Å². The Morgan fingerprint density at radius 3 is 2.79 bits per heavy atom. The van der Waals surface area contributed by atoms with Crippen LogP contribution in [0, 0.1) is 6.92 Å². The van der Waals surface area contributed by atoms with Crippen molar-refractivity contribution in [3.8, 4) is 0 Å². The van der Waals surface area contributed by atoms with Crippen LogP contribution in [0.2, 0.25) is 0 Å². The van der Waals surface area contributed by atoms with Gasteiger partial charge >= 0.3 is 0 Å². The Morgan fingerprint density at radius 1 is 1.50 bits per heavy atom. The summed E-state index contributed by atoms with van der Waals surface area (Å²) in [5.74, 6) is 0. The van der Waals surface area contributed by atoms with Gasteiger partial charge in [-0.3, -0.25) is 0 Å². The molecule has 14 heavy (non-hydrogen) atoms. The minimum absolute atomic E-state index is 0.554. The van der Waals surface area contributed by atoms with E-state index in [4.69, 9.17) is 0 Å². The SMILES string of the molecule is Cc1cc(C(O)c2scnc2Br)cs1.